The average Bonchev–Trinajstić information content (AvgIpc) is 3.45. The van der Waals surface area contributed by atoms with Gasteiger partial charge < -0.3 is 20.1 Å². The van der Waals surface area contributed by atoms with Gasteiger partial charge in [0.1, 0.15) is 23.1 Å². The summed E-state index contributed by atoms with van der Waals surface area (Å²) in [5, 5.41) is 13.6. The largest absolute Gasteiger partial charge is 0.497 e. The number of hydrogen-bond donors (Lipinski definition) is 3. The van der Waals surface area contributed by atoms with E-state index in [2.05, 4.69) is 21.0 Å². The number of aromatic nitrogens is 3. The maximum absolute atomic E-state index is 12.0. The highest BCUT2D eigenvalue weighted by Gasteiger charge is 2.25. The first kappa shape index (κ1) is 20.8. The van der Waals surface area contributed by atoms with E-state index in [1.807, 2.05) is 24.3 Å². The van der Waals surface area contributed by atoms with Crippen molar-refractivity contribution >= 4 is 35.2 Å². The van der Waals surface area contributed by atoms with Gasteiger partial charge in [-0.1, -0.05) is 0 Å². The minimum atomic E-state index is -0.378. The number of ether oxygens (including phenoxy) is 2. The molecular formula is C23H24N6O4. The Balaban J connectivity index is 1.47. The molecule has 10 nitrogen and oxygen atoms in total. The lowest BCUT2D eigenvalue weighted by molar-refractivity contribution is -0.124. The van der Waals surface area contributed by atoms with Gasteiger partial charge in [0.05, 0.1) is 26.8 Å². The Kier molecular flexibility index (Phi) is 5.33. The topological polar surface area (TPSA) is 119 Å². The molecule has 1 saturated heterocycles. The van der Waals surface area contributed by atoms with E-state index in [4.69, 9.17) is 14.5 Å². The van der Waals surface area contributed by atoms with Gasteiger partial charge >= 0.3 is 0 Å². The Morgan fingerprint density at radius 2 is 1.91 bits per heavy atom. The lowest BCUT2D eigenvalue weighted by atomic mass is 10.1. The molecule has 1 aromatic carbocycles. The molecule has 2 aliphatic rings. The van der Waals surface area contributed by atoms with E-state index in [0.717, 1.165) is 24.2 Å². The van der Waals surface area contributed by atoms with Crippen LogP contribution in [-0.4, -0.2) is 46.7 Å². The summed E-state index contributed by atoms with van der Waals surface area (Å²) in [5.41, 5.74) is 2.63. The number of amides is 2. The highest BCUT2D eigenvalue weighted by molar-refractivity contribution is 6.15. The molecule has 2 amide bonds. The van der Waals surface area contributed by atoms with E-state index in [-0.39, 0.29) is 18.2 Å². The second kappa shape index (κ2) is 8.45. The summed E-state index contributed by atoms with van der Waals surface area (Å²) in [6.07, 6.45) is 5.60. The van der Waals surface area contributed by atoms with Gasteiger partial charge in [0.2, 0.25) is 5.91 Å². The minimum absolute atomic E-state index is 0.0545. The summed E-state index contributed by atoms with van der Waals surface area (Å²) in [7, 11) is 3.23. The number of benzene rings is 1. The smallest absolute Gasteiger partial charge is 0.254 e. The zero-order chi connectivity index (χ0) is 22.9. The normalized spacial score (nSPS) is 16.8. The van der Waals surface area contributed by atoms with Crippen LogP contribution in [0.3, 0.4) is 0 Å². The van der Waals surface area contributed by atoms with E-state index in [1.165, 1.54) is 0 Å². The van der Waals surface area contributed by atoms with Crippen molar-refractivity contribution < 1.29 is 19.1 Å². The quantitative estimate of drug-likeness (QED) is 0.355. The molecule has 3 aromatic rings. The standard InChI is InChI=1S/C23H24N6O4/c1-32-17-5-13(6-18(9-17)33-2)11-24-19-10-20(26-16-3-4-16)29-22(27-19)15(12-25-29)7-14-8-21(30)28-23(14)31/h5-7,9-10,12,16,26H,3-4,8,11H2,1-2H3,(H,24,27)(H,28,30,31)/b14-7+. The van der Waals surface area contributed by atoms with Crippen LogP contribution in [0.25, 0.3) is 11.7 Å². The molecule has 2 aromatic heterocycles. The van der Waals surface area contributed by atoms with Gasteiger partial charge in [0.25, 0.3) is 5.91 Å². The summed E-state index contributed by atoms with van der Waals surface area (Å²) in [6, 6.07) is 8.01. The Labute approximate surface area is 190 Å². The predicted octanol–water partition coefficient (Wildman–Crippen LogP) is 2.36. The van der Waals surface area contributed by atoms with Crippen LogP contribution in [0.4, 0.5) is 11.6 Å². The van der Waals surface area contributed by atoms with E-state index < -0.39 is 0 Å². The molecule has 33 heavy (non-hydrogen) atoms. The molecule has 1 saturated carbocycles. The van der Waals surface area contributed by atoms with Crippen LogP contribution in [0.1, 0.15) is 30.4 Å². The van der Waals surface area contributed by atoms with Crippen molar-refractivity contribution in [2.75, 3.05) is 24.9 Å². The molecule has 1 aliphatic carbocycles. The van der Waals surface area contributed by atoms with Gasteiger partial charge in [0, 0.05) is 35.9 Å². The van der Waals surface area contributed by atoms with Gasteiger partial charge in [-0.05, 0) is 36.6 Å². The van der Waals surface area contributed by atoms with Crippen molar-refractivity contribution in [1.82, 2.24) is 19.9 Å². The van der Waals surface area contributed by atoms with Gasteiger partial charge in [-0.3, -0.25) is 14.9 Å². The van der Waals surface area contributed by atoms with Crippen molar-refractivity contribution in [2.24, 2.45) is 0 Å². The molecule has 5 rings (SSSR count). The van der Waals surface area contributed by atoms with Crippen LogP contribution < -0.4 is 25.4 Å². The second-order valence-corrected chi connectivity index (χ2v) is 8.08. The maximum atomic E-state index is 12.0. The van der Waals surface area contributed by atoms with Crippen molar-refractivity contribution in [2.45, 2.75) is 31.8 Å². The Bertz CT molecular complexity index is 1260. The molecule has 2 fully saturated rings. The summed E-state index contributed by atoms with van der Waals surface area (Å²) in [4.78, 5) is 28.3. The molecule has 0 atom stereocenters. The van der Waals surface area contributed by atoms with Crippen LogP contribution in [-0.2, 0) is 16.1 Å². The third-order valence-corrected chi connectivity index (χ3v) is 5.54. The zero-order valence-corrected chi connectivity index (χ0v) is 18.3. The molecule has 0 radical (unpaired) electrons. The molecule has 0 bridgehead atoms. The molecule has 10 heteroatoms. The van der Waals surface area contributed by atoms with Gasteiger partial charge in [-0.2, -0.15) is 9.61 Å². The zero-order valence-electron chi connectivity index (χ0n) is 18.3. The number of imide groups is 1. The summed E-state index contributed by atoms with van der Waals surface area (Å²) in [5.74, 6) is 2.20. The third-order valence-electron chi connectivity index (χ3n) is 5.54. The lowest BCUT2D eigenvalue weighted by Gasteiger charge is -2.13. The van der Waals surface area contributed by atoms with E-state index in [1.54, 1.807) is 31.0 Å². The number of anilines is 2. The van der Waals surface area contributed by atoms with E-state index in [9.17, 15) is 9.59 Å². The fourth-order valence-corrected chi connectivity index (χ4v) is 3.68. The minimum Gasteiger partial charge on any atom is -0.497 e. The van der Waals surface area contributed by atoms with E-state index in [0.29, 0.717) is 46.7 Å². The number of methoxy groups -OCH3 is 2. The molecule has 170 valence electrons. The molecular weight excluding hydrogens is 424 g/mol. The van der Waals surface area contributed by atoms with Gasteiger partial charge in [0.15, 0.2) is 5.65 Å². The monoisotopic (exact) mass is 448 g/mol. The number of nitrogens with zero attached hydrogens (tertiary/aromatic N) is 3. The van der Waals surface area contributed by atoms with Gasteiger partial charge in [-0.15, -0.1) is 0 Å². The maximum Gasteiger partial charge on any atom is 0.254 e. The fraction of sp³-hybridized carbons (Fsp3) is 0.304. The van der Waals surface area contributed by atoms with Crippen molar-refractivity contribution in [3.8, 4) is 11.5 Å². The number of carbonyl (C=O) groups excluding carboxylic acids is 2. The Morgan fingerprint density at radius 1 is 1.15 bits per heavy atom. The lowest BCUT2D eigenvalue weighted by Crippen LogP contribution is -2.19. The van der Waals surface area contributed by atoms with Crippen LogP contribution >= 0.6 is 0 Å². The highest BCUT2D eigenvalue weighted by atomic mass is 16.5. The number of carbonyl (C=O) groups is 2. The van der Waals surface area contributed by atoms with Crippen LogP contribution in [0.5, 0.6) is 11.5 Å². The number of rotatable bonds is 8. The Morgan fingerprint density at radius 3 is 2.55 bits per heavy atom. The number of hydrogen-bond acceptors (Lipinski definition) is 8. The van der Waals surface area contributed by atoms with Crippen LogP contribution in [0.2, 0.25) is 0 Å². The predicted molar refractivity (Wildman–Crippen MR) is 122 cm³/mol. The highest BCUT2D eigenvalue weighted by Crippen LogP contribution is 2.28. The molecule has 0 unspecified atom stereocenters. The average molecular weight is 448 g/mol. The number of nitrogens with one attached hydrogen (secondary N) is 3. The third kappa shape index (κ3) is 4.45. The molecule has 3 N–H and O–H groups in total. The van der Waals surface area contributed by atoms with E-state index >= 15 is 0 Å². The molecule has 3 heterocycles. The number of fused-ring (bicyclic) bond motifs is 1. The fourth-order valence-electron chi connectivity index (χ4n) is 3.68. The molecule has 0 spiro atoms. The SMILES string of the molecule is COc1cc(CNc2cc(NC3CC3)n3ncc(/C=C4\CC(=O)NC4=O)c3n2)cc(OC)c1. The van der Waals surface area contributed by atoms with Crippen molar-refractivity contribution in [3.05, 3.63) is 47.2 Å². The first-order valence-electron chi connectivity index (χ1n) is 10.7. The van der Waals surface area contributed by atoms with Crippen LogP contribution in [0.15, 0.2) is 36.0 Å². The summed E-state index contributed by atoms with van der Waals surface area (Å²) in [6.45, 7) is 0.501. The first-order valence-corrected chi connectivity index (χ1v) is 10.7. The van der Waals surface area contributed by atoms with Crippen molar-refractivity contribution in [1.29, 1.82) is 0 Å². The van der Waals surface area contributed by atoms with Gasteiger partial charge in [-0.25, -0.2) is 4.98 Å². The van der Waals surface area contributed by atoms with Crippen molar-refractivity contribution in [3.63, 3.8) is 0 Å². The summed E-state index contributed by atoms with van der Waals surface area (Å²) < 4.78 is 12.4. The Hall–Kier alpha value is -4.08. The van der Waals surface area contributed by atoms with Crippen LogP contribution in [0, 0.1) is 0 Å². The first-order chi connectivity index (χ1) is 16.0. The second-order valence-electron chi connectivity index (χ2n) is 8.08. The molecule has 1 aliphatic heterocycles. The summed E-state index contributed by atoms with van der Waals surface area (Å²) >= 11 is 0.